The SMILES string of the molecule is COCCC(C)C(=O)C(C)S(C)(=O)=O. The quantitative estimate of drug-likeness (QED) is 0.662. The average Bonchev–Trinajstić information content (AvgIpc) is 2.10. The summed E-state index contributed by atoms with van der Waals surface area (Å²) in [4.78, 5) is 11.6. The van der Waals surface area contributed by atoms with E-state index in [0.717, 1.165) is 6.26 Å². The molecule has 0 N–H and O–H groups in total. The highest BCUT2D eigenvalue weighted by atomic mass is 32.2. The molecule has 0 bridgehead atoms. The van der Waals surface area contributed by atoms with Crippen LogP contribution in [0.25, 0.3) is 0 Å². The third kappa shape index (κ3) is 4.19. The first kappa shape index (κ1) is 13.6. The maximum Gasteiger partial charge on any atom is 0.157 e. The van der Waals surface area contributed by atoms with E-state index in [0.29, 0.717) is 13.0 Å². The van der Waals surface area contributed by atoms with Crippen LogP contribution in [0.5, 0.6) is 0 Å². The lowest BCUT2D eigenvalue weighted by molar-refractivity contribution is -0.122. The summed E-state index contributed by atoms with van der Waals surface area (Å²) < 4.78 is 27.0. The van der Waals surface area contributed by atoms with Crippen molar-refractivity contribution in [1.29, 1.82) is 0 Å². The second kappa shape index (κ2) is 5.46. The Labute approximate surface area is 85.6 Å². The summed E-state index contributed by atoms with van der Waals surface area (Å²) in [5.41, 5.74) is 0. The molecule has 0 aliphatic carbocycles. The van der Waals surface area contributed by atoms with E-state index < -0.39 is 15.1 Å². The van der Waals surface area contributed by atoms with Crippen molar-refractivity contribution in [2.45, 2.75) is 25.5 Å². The van der Waals surface area contributed by atoms with Gasteiger partial charge in [0.2, 0.25) is 0 Å². The van der Waals surface area contributed by atoms with E-state index in [1.165, 1.54) is 6.92 Å². The maximum absolute atomic E-state index is 11.6. The van der Waals surface area contributed by atoms with Gasteiger partial charge >= 0.3 is 0 Å². The zero-order chi connectivity index (χ0) is 11.4. The Morgan fingerprint density at radius 1 is 1.36 bits per heavy atom. The molecule has 0 aliphatic rings. The molecule has 0 amide bonds. The van der Waals surface area contributed by atoms with Gasteiger partial charge in [-0.1, -0.05) is 6.92 Å². The third-order valence-corrected chi connectivity index (χ3v) is 3.80. The Morgan fingerprint density at radius 3 is 2.21 bits per heavy atom. The smallest absolute Gasteiger partial charge is 0.157 e. The summed E-state index contributed by atoms with van der Waals surface area (Å²) in [6.07, 6.45) is 1.65. The van der Waals surface area contributed by atoms with Gasteiger partial charge in [0.15, 0.2) is 15.6 Å². The Morgan fingerprint density at radius 2 is 1.86 bits per heavy atom. The zero-order valence-electron chi connectivity index (χ0n) is 9.11. The number of sulfone groups is 1. The molecular formula is C9H18O4S. The van der Waals surface area contributed by atoms with E-state index >= 15 is 0 Å². The molecule has 5 heteroatoms. The first-order valence-electron chi connectivity index (χ1n) is 4.52. The summed E-state index contributed by atoms with van der Waals surface area (Å²) in [7, 11) is -1.71. The molecule has 0 aromatic heterocycles. The van der Waals surface area contributed by atoms with E-state index in [4.69, 9.17) is 4.74 Å². The summed E-state index contributed by atoms with van der Waals surface area (Å²) in [5, 5.41) is -0.908. The highest BCUT2D eigenvalue weighted by Gasteiger charge is 2.27. The van der Waals surface area contributed by atoms with Gasteiger partial charge in [0, 0.05) is 25.9 Å². The fraction of sp³-hybridized carbons (Fsp3) is 0.889. The van der Waals surface area contributed by atoms with Crippen LogP contribution in [0.4, 0.5) is 0 Å². The number of carbonyl (C=O) groups is 1. The third-order valence-electron chi connectivity index (χ3n) is 2.28. The minimum absolute atomic E-state index is 0.232. The number of rotatable bonds is 6. The lowest BCUT2D eigenvalue weighted by Crippen LogP contribution is -2.31. The molecule has 2 unspecified atom stereocenters. The Balaban J connectivity index is 4.33. The molecule has 0 saturated carbocycles. The molecule has 0 heterocycles. The molecule has 2 atom stereocenters. The summed E-state index contributed by atoms with van der Waals surface area (Å²) in [6, 6.07) is 0. The van der Waals surface area contributed by atoms with Crippen LogP contribution in [0.1, 0.15) is 20.3 Å². The summed E-state index contributed by atoms with van der Waals surface area (Å²) >= 11 is 0. The Kier molecular flexibility index (Phi) is 5.29. The van der Waals surface area contributed by atoms with Crippen molar-refractivity contribution in [3.63, 3.8) is 0 Å². The minimum Gasteiger partial charge on any atom is -0.385 e. The number of carbonyl (C=O) groups excluding carboxylic acids is 1. The predicted molar refractivity (Wildman–Crippen MR) is 55.0 cm³/mol. The van der Waals surface area contributed by atoms with Crippen LogP contribution in [0, 0.1) is 5.92 Å². The van der Waals surface area contributed by atoms with Gasteiger partial charge in [-0.15, -0.1) is 0 Å². The van der Waals surface area contributed by atoms with Gasteiger partial charge < -0.3 is 4.74 Å². The van der Waals surface area contributed by atoms with Crippen LogP contribution in [-0.4, -0.2) is 39.4 Å². The van der Waals surface area contributed by atoms with Gasteiger partial charge in [-0.2, -0.15) is 0 Å². The predicted octanol–water partition coefficient (Wildman–Crippen LogP) is 0.661. The van der Waals surface area contributed by atoms with Gasteiger partial charge in [0.05, 0.1) is 0 Å². The molecule has 0 rings (SSSR count). The first-order chi connectivity index (χ1) is 6.30. The van der Waals surface area contributed by atoms with Gasteiger partial charge in [-0.05, 0) is 13.3 Å². The topological polar surface area (TPSA) is 60.4 Å². The minimum atomic E-state index is -3.26. The number of methoxy groups -OCH3 is 1. The van der Waals surface area contributed by atoms with Crippen LogP contribution in [0.3, 0.4) is 0 Å². The van der Waals surface area contributed by atoms with Gasteiger partial charge in [-0.25, -0.2) is 8.42 Å². The molecular weight excluding hydrogens is 204 g/mol. The normalized spacial score (nSPS) is 16.3. The Hall–Kier alpha value is -0.420. The molecule has 0 aliphatic heterocycles. The maximum atomic E-state index is 11.6. The molecule has 0 radical (unpaired) electrons. The van der Waals surface area contributed by atoms with Gasteiger partial charge in [-0.3, -0.25) is 4.79 Å². The van der Waals surface area contributed by atoms with E-state index in [2.05, 4.69) is 0 Å². The van der Waals surface area contributed by atoms with E-state index in [1.807, 2.05) is 0 Å². The lowest BCUT2D eigenvalue weighted by Gasteiger charge is -2.14. The molecule has 4 nitrogen and oxygen atoms in total. The fourth-order valence-electron chi connectivity index (χ4n) is 1.05. The molecule has 0 aromatic rings. The van der Waals surface area contributed by atoms with Crippen LogP contribution in [-0.2, 0) is 19.4 Å². The monoisotopic (exact) mass is 222 g/mol. The number of hydrogen-bond donors (Lipinski definition) is 0. The zero-order valence-corrected chi connectivity index (χ0v) is 9.93. The van der Waals surface area contributed by atoms with Crippen molar-refractivity contribution < 1.29 is 17.9 Å². The van der Waals surface area contributed by atoms with Crippen molar-refractivity contribution in [2.24, 2.45) is 5.92 Å². The second-order valence-corrected chi connectivity index (χ2v) is 5.92. The summed E-state index contributed by atoms with van der Waals surface area (Å²) in [5.74, 6) is -0.496. The molecule has 0 saturated heterocycles. The van der Waals surface area contributed by atoms with Crippen LogP contribution in [0.2, 0.25) is 0 Å². The van der Waals surface area contributed by atoms with E-state index in [1.54, 1.807) is 14.0 Å². The van der Waals surface area contributed by atoms with Crippen LogP contribution in [0.15, 0.2) is 0 Å². The van der Waals surface area contributed by atoms with E-state index in [9.17, 15) is 13.2 Å². The van der Waals surface area contributed by atoms with Crippen molar-refractivity contribution in [3.8, 4) is 0 Å². The largest absolute Gasteiger partial charge is 0.385 e. The molecule has 84 valence electrons. The lowest BCUT2D eigenvalue weighted by atomic mass is 10.0. The Bertz CT molecular complexity index is 281. The second-order valence-electron chi connectivity index (χ2n) is 3.56. The molecule has 0 aromatic carbocycles. The molecule has 0 fully saturated rings. The molecule has 14 heavy (non-hydrogen) atoms. The van der Waals surface area contributed by atoms with Gasteiger partial charge in [0.25, 0.3) is 0 Å². The van der Waals surface area contributed by atoms with E-state index in [-0.39, 0.29) is 11.7 Å². The van der Waals surface area contributed by atoms with Gasteiger partial charge in [0.1, 0.15) is 5.25 Å². The van der Waals surface area contributed by atoms with Crippen molar-refractivity contribution in [1.82, 2.24) is 0 Å². The number of ether oxygens (including phenoxy) is 1. The highest BCUT2D eigenvalue weighted by Crippen LogP contribution is 2.11. The standard InChI is InChI=1S/C9H18O4S/c1-7(5-6-13-3)9(10)8(2)14(4,11)12/h7-8H,5-6H2,1-4H3. The van der Waals surface area contributed by atoms with Crippen LogP contribution < -0.4 is 0 Å². The summed E-state index contributed by atoms with van der Waals surface area (Å²) in [6.45, 7) is 3.63. The highest BCUT2D eigenvalue weighted by molar-refractivity contribution is 7.92. The number of ketones is 1. The molecule has 0 spiro atoms. The fourth-order valence-corrected chi connectivity index (χ4v) is 1.70. The first-order valence-corrected chi connectivity index (χ1v) is 6.47. The van der Waals surface area contributed by atoms with Crippen molar-refractivity contribution in [2.75, 3.05) is 20.0 Å². The number of Topliss-reactive ketones (excluding diaryl/α,β-unsaturated/α-hetero) is 1. The van der Waals surface area contributed by atoms with Crippen molar-refractivity contribution in [3.05, 3.63) is 0 Å². The van der Waals surface area contributed by atoms with Crippen LogP contribution >= 0.6 is 0 Å². The average molecular weight is 222 g/mol. The van der Waals surface area contributed by atoms with Crippen molar-refractivity contribution >= 4 is 15.6 Å². The number of hydrogen-bond acceptors (Lipinski definition) is 4.